The number of hydrogen-bond donors (Lipinski definition) is 0. The van der Waals surface area contributed by atoms with Crippen LogP contribution >= 0.6 is 0 Å². The number of ether oxygens (including phenoxy) is 1. The van der Waals surface area contributed by atoms with Gasteiger partial charge in [-0.05, 0) is 36.5 Å². The van der Waals surface area contributed by atoms with Gasteiger partial charge >= 0.3 is 0 Å². The van der Waals surface area contributed by atoms with Gasteiger partial charge in [0, 0.05) is 0 Å². The van der Waals surface area contributed by atoms with E-state index in [4.69, 9.17) is 4.74 Å². The van der Waals surface area contributed by atoms with Crippen molar-refractivity contribution in [2.24, 2.45) is 0 Å². The van der Waals surface area contributed by atoms with Crippen LogP contribution in [0.15, 0.2) is 18.2 Å². The van der Waals surface area contributed by atoms with Gasteiger partial charge in [-0.15, -0.1) is 0 Å². The Kier molecular flexibility index (Phi) is 3.35. The summed E-state index contributed by atoms with van der Waals surface area (Å²) in [6, 6.07) is 6.15. The van der Waals surface area contributed by atoms with Gasteiger partial charge in [-0.25, -0.2) is 0 Å². The normalized spacial score (nSPS) is 10.5. The second-order valence-corrected chi connectivity index (χ2v) is 3.28. The van der Waals surface area contributed by atoms with Crippen molar-refractivity contribution in [2.45, 2.75) is 26.2 Å². The lowest BCUT2D eigenvalue weighted by Crippen LogP contribution is -1.98. The van der Waals surface area contributed by atoms with E-state index in [1.165, 1.54) is 11.1 Å². The third-order valence-electron chi connectivity index (χ3n) is 2.27. The molecule has 1 aromatic rings. The molecule has 1 unspecified atom stereocenters. The summed E-state index contributed by atoms with van der Waals surface area (Å²) in [4.78, 5) is 0. The molecule has 1 heteroatoms. The Balaban J connectivity index is 3.19. The van der Waals surface area contributed by atoms with Gasteiger partial charge in [0.15, 0.2) is 0 Å². The van der Waals surface area contributed by atoms with E-state index in [2.05, 4.69) is 26.8 Å². The molecule has 1 aromatic carbocycles. The van der Waals surface area contributed by atoms with Gasteiger partial charge in [0.25, 0.3) is 0 Å². The van der Waals surface area contributed by atoms with E-state index in [1.54, 1.807) is 7.11 Å². The summed E-state index contributed by atoms with van der Waals surface area (Å²) >= 11 is 0. The fourth-order valence-corrected chi connectivity index (χ4v) is 1.61. The zero-order valence-electron chi connectivity index (χ0n) is 8.63. The summed E-state index contributed by atoms with van der Waals surface area (Å²) in [5.41, 5.74) is 2.58. The highest BCUT2D eigenvalue weighted by Crippen LogP contribution is 2.27. The lowest BCUT2D eigenvalue weighted by atomic mass is 9.95. The average molecular weight is 177 g/mol. The minimum absolute atomic E-state index is 0.324. The van der Waals surface area contributed by atoms with E-state index in [0.717, 1.165) is 12.2 Å². The van der Waals surface area contributed by atoms with Crippen LogP contribution in [0.25, 0.3) is 0 Å². The van der Waals surface area contributed by atoms with Crippen molar-refractivity contribution in [1.82, 2.24) is 0 Å². The Hall–Kier alpha value is -0.980. The summed E-state index contributed by atoms with van der Waals surface area (Å²) in [5, 5.41) is 0. The third-order valence-corrected chi connectivity index (χ3v) is 2.27. The van der Waals surface area contributed by atoms with Crippen LogP contribution in [0, 0.1) is 6.92 Å². The van der Waals surface area contributed by atoms with E-state index in [-0.39, 0.29) is 0 Å². The first-order valence-electron chi connectivity index (χ1n) is 4.69. The van der Waals surface area contributed by atoms with Crippen LogP contribution in [0.4, 0.5) is 0 Å². The Morgan fingerprint density at radius 3 is 2.62 bits per heavy atom. The van der Waals surface area contributed by atoms with Crippen molar-refractivity contribution in [2.75, 3.05) is 7.11 Å². The van der Waals surface area contributed by atoms with Crippen LogP contribution in [0.2, 0.25) is 0 Å². The zero-order valence-corrected chi connectivity index (χ0v) is 8.63. The Morgan fingerprint density at radius 1 is 1.46 bits per heavy atom. The first-order valence-corrected chi connectivity index (χ1v) is 4.69. The van der Waals surface area contributed by atoms with Gasteiger partial charge in [0.2, 0.25) is 0 Å². The summed E-state index contributed by atoms with van der Waals surface area (Å²) in [5.74, 6) is 1.31. The maximum absolute atomic E-state index is 5.30. The highest BCUT2D eigenvalue weighted by atomic mass is 16.5. The van der Waals surface area contributed by atoms with E-state index < -0.39 is 0 Å². The lowest BCUT2D eigenvalue weighted by molar-refractivity contribution is 0.409. The van der Waals surface area contributed by atoms with Crippen molar-refractivity contribution in [3.63, 3.8) is 0 Å². The monoisotopic (exact) mass is 177 g/mol. The summed E-state index contributed by atoms with van der Waals surface area (Å²) in [6.07, 6.45) is 0.999. The minimum Gasteiger partial charge on any atom is -0.496 e. The van der Waals surface area contributed by atoms with Crippen LogP contribution in [-0.2, 0) is 6.42 Å². The second kappa shape index (κ2) is 4.31. The lowest BCUT2D eigenvalue weighted by Gasteiger charge is -2.14. The topological polar surface area (TPSA) is 9.23 Å². The number of rotatable bonds is 3. The molecule has 0 spiro atoms. The van der Waals surface area contributed by atoms with E-state index >= 15 is 0 Å². The van der Waals surface area contributed by atoms with Gasteiger partial charge < -0.3 is 4.74 Å². The molecule has 0 amide bonds. The molecule has 71 valence electrons. The van der Waals surface area contributed by atoms with Crippen molar-refractivity contribution < 1.29 is 4.74 Å². The average Bonchev–Trinajstić information content (AvgIpc) is 2.16. The molecular formula is C12H17O. The maximum Gasteiger partial charge on any atom is 0.122 e. The van der Waals surface area contributed by atoms with Crippen molar-refractivity contribution >= 4 is 0 Å². The van der Waals surface area contributed by atoms with E-state index in [9.17, 15) is 0 Å². The van der Waals surface area contributed by atoms with Gasteiger partial charge in [-0.2, -0.15) is 0 Å². The van der Waals surface area contributed by atoms with E-state index in [0.29, 0.717) is 5.92 Å². The Bertz CT molecular complexity index is 276. The largest absolute Gasteiger partial charge is 0.496 e. The van der Waals surface area contributed by atoms with Crippen LogP contribution in [0.3, 0.4) is 0 Å². The fraction of sp³-hybridized carbons (Fsp3) is 0.417. The molecule has 0 saturated heterocycles. The molecule has 0 aliphatic carbocycles. The minimum atomic E-state index is 0.324. The molecular weight excluding hydrogens is 160 g/mol. The molecule has 1 rings (SSSR count). The zero-order chi connectivity index (χ0) is 9.84. The smallest absolute Gasteiger partial charge is 0.122 e. The molecule has 0 saturated carbocycles. The quantitative estimate of drug-likeness (QED) is 0.689. The second-order valence-electron chi connectivity index (χ2n) is 3.28. The van der Waals surface area contributed by atoms with Crippen molar-refractivity contribution in [3.8, 4) is 5.75 Å². The molecule has 0 fully saturated rings. The number of hydrogen-bond acceptors (Lipinski definition) is 1. The standard InChI is InChI=1S/C12H17O/c1-5-10-11(9(2)3)7-6-8-12(10)13-4/h6-9H,2,5H2,1,3-4H3. The number of benzene rings is 1. The molecule has 1 atom stereocenters. The van der Waals surface area contributed by atoms with Gasteiger partial charge in [-0.1, -0.05) is 26.0 Å². The van der Waals surface area contributed by atoms with Gasteiger partial charge in [0.05, 0.1) is 7.11 Å². The first kappa shape index (κ1) is 10.1. The molecule has 0 heterocycles. The predicted octanol–water partition coefficient (Wildman–Crippen LogP) is 3.20. The molecule has 0 aliphatic heterocycles. The molecule has 13 heavy (non-hydrogen) atoms. The molecule has 0 bridgehead atoms. The van der Waals surface area contributed by atoms with Crippen LogP contribution < -0.4 is 4.74 Å². The van der Waals surface area contributed by atoms with Crippen molar-refractivity contribution in [3.05, 3.63) is 36.2 Å². The molecule has 0 N–H and O–H groups in total. The van der Waals surface area contributed by atoms with Crippen LogP contribution in [-0.4, -0.2) is 7.11 Å². The fourth-order valence-electron chi connectivity index (χ4n) is 1.61. The van der Waals surface area contributed by atoms with Crippen LogP contribution in [0.1, 0.15) is 30.9 Å². The van der Waals surface area contributed by atoms with Crippen LogP contribution in [0.5, 0.6) is 5.75 Å². The molecule has 1 nitrogen and oxygen atoms in total. The van der Waals surface area contributed by atoms with Gasteiger partial charge in [0.1, 0.15) is 5.75 Å². The summed E-state index contributed by atoms with van der Waals surface area (Å²) in [6.45, 7) is 8.28. The predicted molar refractivity (Wildman–Crippen MR) is 56.1 cm³/mol. The first-order chi connectivity index (χ1) is 6.20. The Labute approximate surface area is 80.7 Å². The highest BCUT2D eigenvalue weighted by molar-refractivity contribution is 5.42. The summed E-state index contributed by atoms with van der Waals surface area (Å²) < 4.78 is 5.30. The van der Waals surface area contributed by atoms with E-state index in [1.807, 2.05) is 12.1 Å². The Morgan fingerprint density at radius 2 is 2.15 bits per heavy atom. The highest BCUT2D eigenvalue weighted by Gasteiger charge is 2.09. The van der Waals surface area contributed by atoms with Gasteiger partial charge in [-0.3, -0.25) is 0 Å². The third kappa shape index (κ3) is 2.03. The SMILES string of the molecule is [CH2]C(C)c1cccc(OC)c1CC. The summed E-state index contributed by atoms with van der Waals surface area (Å²) in [7, 11) is 1.71. The molecule has 1 radical (unpaired) electrons. The number of methoxy groups -OCH3 is 1. The van der Waals surface area contributed by atoms with Crippen molar-refractivity contribution in [1.29, 1.82) is 0 Å². The molecule has 0 aromatic heterocycles. The maximum atomic E-state index is 5.30. The molecule has 0 aliphatic rings.